The standard InChI is InChI=1S/C18H28N2O3/c1-17(2,3)23-16(22)20-10-9-18(13-20,14-21)12-19-11-15-7-5-4-6-8-15/h4-8,19,21H,9-14H2,1-3H3. The van der Waals surface area contributed by atoms with Crippen LogP contribution in [-0.4, -0.2) is 47.9 Å². The highest BCUT2D eigenvalue weighted by molar-refractivity contribution is 5.68. The summed E-state index contributed by atoms with van der Waals surface area (Å²) in [7, 11) is 0. The number of hydrogen-bond acceptors (Lipinski definition) is 4. The number of benzene rings is 1. The van der Waals surface area contributed by atoms with Gasteiger partial charge in [0.2, 0.25) is 0 Å². The number of carbonyl (C=O) groups excluding carboxylic acids is 1. The Morgan fingerprint density at radius 2 is 2.04 bits per heavy atom. The fourth-order valence-electron chi connectivity index (χ4n) is 2.81. The number of amides is 1. The summed E-state index contributed by atoms with van der Waals surface area (Å²) in [6.07, 6.45) is 0.487. The topological polar surface area (TPSA) is 61.8 Å². The Balaban J connectivity index is 1.86. The molecule has 5 heteroatoms. The molecule has 0 bridgehead atoms. The number of rotatable bonds is 5. The van der Waals surface area contributed by atoms with Gasteiger partial charge in [0.15, 0.2) is 0 Å². The zero-order valence-corrected chi connectivity index (χ0v) is 14.3. The van der Waals surface area contributed by atoms with Crippen LogP contribution in [0.3, 0.4) is 0 Å². The van der Waals surface area contributed by atoms with Gasteiger partial charge in [0, 0.05) is 31.6 Å². The van der Waals surface area contributed by atoms with Crippen molar-refractivity contribution in [2.45, 2.75) is 39.3 Å². The second-order valence-electron chi connectivity index (χ2n) is 7.40. The number of nitrogens with one attached hydrogen (secondary N) is 1. The van der Waals surface area contributed by atoms with Crippen LogP contribution in [0.2, 0.25) is 0 Å². The first kappa shape index (κ1) is 17.8. The normalized spacial score (nSPS) is 21.5. The Morgan fingerprint density at radius 3 is 2.65 bits per heavy atom. The minimum Gasteiger partial charge on any atom is -0.444 e. The summed E-state index contributed by atoms with van der Waals surface area (Å²) in [6, 6.07) is 10.2. The molecule has 1 saturated heterocycles. The maximum Gasteiger partial charge on any atom is 0.410 e. The molecule has 1 unspecified atom stereocenters. The Kier molecular flexibility index (Phi) is 5.65. The molecule has 128 valence electrons. The van der Waals surface area contributed by atoms with Gasteiger partial charge >= 0.3 is 6.09 Å². The Labute approximate surface area is 138 Å². The van der Waals surface area contributed by atoms with E-state index in [0.717, 1.165) is 13.0 Å². The largest absolute Gasteiger partial charge is 0.444 e. The molecule has 0 spiro atoms. The summed E-state index contributed by atoms with van der Waals surface area (Å²) in [6.45, 7) is 8.24. The summed E-state index contributed by atoms with van der Waals surface area (Å²) >= 11 is 0. The van der Waals surface area contributed by atoms with Crippen LogP contribution in [0.5, 0.6) is 0 Å². The minimum absolute atomic E-state index is 0.0636. The van der Waals surface area contributed by atoms with E-state index in [-0.39, 0.29) is 18.1 Å². The Bertz CT molecular complexity index is 513. The summed E-state index contributed by atoms with van der Waals surface area (Å²) in [4.78, 5) is 13.9. The molecule has 1 aromatic rings. The molecule has 0 aliphatic carbocycles. The van der Waals surface area contributed by atoms with E-state index in [9.17, 15) is 9.90 Å². The molecule has 1 aromatic carbocycles. The van der Waals surface area contributed by atoms with Crippen molar-refractivity contribution >= 4 is 6.09 Å². The fourth-order valence-corrected chi connectivity index (χ4v) is 2.81. The van der Waals surface area contributed by atoms with Gasteiger partial charge in [-0.25, -0.2) is 4.79 Å². The van der Waals surface area contributed by atoms with Crippen LogP contribution in [0, 0.1) is 5.41 Å². The van der Waals surface area contributed by atoms with Crippen molar-refractivity contribution in [3.8, 4) is 0 Å². The lowest BCUT2D eigenvalue weighted by Gasteiger charge is -2.29. The predicted octanol–water partition coefficient (Wildman–Crippen LogP) is 2.40. The SMILES string of the molecule is CC(C)(C)OC(=O)N1CCC(CO)(CNCc2ccccc2)C1. The van der Waals surface area contributed by atoms with E-state index in [1.54, 1.807) is 4.90 Å². The van der Waals surface area contributed by atoms with Crippen molar-refractivity contribution in [1.29, 1.82) is 0 Å². The van der Waals surface area contributed by atoms with E-state index in [0.29, 0.717) is 19.6 Å². The van der Waals surface area contributed by atoms with Crippen molar-refractivity contribution in [2.75, 3.05) is 26.2 Å². The number of aliphatic hydroxyl groups is 1. The van der Waals surface area contributed by atoms with Gasteiger partial charge in [-0.3, -0.25) is 0 Å². The highest BCUT2D eigenvalue weighted by atomic mass is 16.6. The van der Waals surface area contributed by atoms with Crippen molar-refractivity contribution in [2.24, 2.45) is 5.41 Å². The molecular weight excluding hydrogens is 292 g/mol. The first-order valence-electron chi connectivity index (χ1n) is 8.17. The molecule has 0 radical (unpaired) electrons. The zero-order valence-electron chi connectivity index (χ0n) is 14.3. The molecule has 1 heterocycles. The van der Waals surface area contributed by atoms with Gasteiger partial charge in [0.05, 0.1) is 6.61 Å². The second kappa shape index (κ2) is 7.32. The number of likely N-dealkylation sites (tertiary alicyclic amines) is 1. The van der Waals surface area contributed by atoms with Crippen LogP contribution < -0.4 is 5.32 Å². The van der Waals surface area contributed by atoms with Crippen molar-refractivity contribution in [3.63, 3.8) is 0 Å². The molecule has 0 saturated carbocycles. The van der Waals surface area contributed by atoms with Crippen LogP contribution in [-0.2, 0) is 11.3 Å². The first-order valence-corrected chi connectivity index (χ1v) is 8.17. The molecule has 2 rings (SSSR count). The van der Waals surface area contributed by atoms with Crippen LogP contribution in [0.4, 0.5) is 4.79 Å². The van der Waals surface area contributed by atoms with Crippen molar-refractivity contribution in [1.82, 2.24) is 10.2 Å². The highest BCUT2D eigenvalue weighted by Gasteiger charge is 2.40. The monoisotopic (exact) mass is 320 g/mol. The van der Waals surface area contributed by atoms with E-state index in [4.69, 9.17) is 4.74 Å². The summed E-state index contributed by atoms with van der Waals surface area (Å²) in [5.74, 6) is 0. The zero-order chi connectivity index (χ0) is 16.9. The average Bonchev–Trinajstić information content (AvgIpc) is 2.92. The predicted molar refractivity (Wildman–Crippen MR) is 90.1 cm³/mol. The van der Waals surface area contributed by atoms with Crippen LogP contribution in [0.15, 0.2) is 30.3 Å². The van der Waals surface area contributed by atoms with Gasteiger partial charge in [-0.05, 0) is 32.8 Å². The summed E-state index contributed by atoms with van der Waals surface area (Å²) in [5.41, 5.74) is 0.432. The van der Waals surface area contributed by atoms with Gasteiger partial charge in [-0.2, -0.15) is 0 Å². The molecule has 1 aliphatic rings. The Hall–Kier alpha value is -1.59. The number of carbonyl (C=O) groups is 1. The smallest absolute Gasteiger partial charge is 0.410 e. The maximum atomic E-state index is 12.2. The number of hydrogen-bond donors (Lipinski definition) is 2. The molecule has 23 heavy (non-hydrogen) atoms. The number of ether oxygens (including phenoxy) is 1. The van der Waals surface area contributed by atoms with E-state index >= 15 is 0 Å². The fraction of sp³-hybridized carbons (Fsp3) is 0.611. The lowest BCUT2D eigenvalue weighted by molar-refractivity contribution is 0.0254. The van der Waals surface area contributed by atoms with Crippen molar-refractivity contribution < 1.29 is 14.6 Å². The summed E-state index contributed by atoms with van der Waals surface area (Å²) in [5, 5.41) is 13.2. The highest BCUT2D eigenvalue weighted by Crippen LogP contribution is 2.30. The van der Waals surface area contributed by atoms with E-state index in [1.165, 1.54) is 5.56 Å². The third kappa shape index (κ3) is 5.22. The summed E-state index contributed by atoms with van der Waals surface area (Å²) < 4.78 is 5.42. The van der Waals surface area contributed by atoms with E-state index < -0.39 is 5.60 Å². The van der Waals surface area contributed by atoms with E-state index in [1.807, 2.05) is 39.0 Å². The van der Waals surface area contributed by atoms with Crippen LogP contribution >= 0.6 is 0 Å². The van der Waals surface area contributed by atoms with Crippen LogP contribution in [0.25, 0.3) is 0 Å². The quantitative estimate of drug-likeness (QED) is 0.874. The van der Waals surface area contributed by atoms with E-state index in [2.05, 4.69) is 17.4 Å². The third-order valence-corrected chi connectivity index (χ3v) is 4.10. The first-order chi connectivity index (χ1) is 10.8. The van der Waals surface area contributed by atoms with Gasteiger partial charge in [0.1, 0.15) is 5.60 Å². The molecule has 2 N–H and O–H groups in total. The second-order valence-corrected chi connectivity index (χ2v) is 7.40. The molecule has 0 aromatic heterocycles. The molecule has 1 atom stereocenters. The minimum atomic E-state index is -0.493. The molecule has 1 amide bonds. The average molecular weight is 320 g/mol. The lowest BCUT2D eigenvalue weighted by Crippen LogP contribution is -2.42. The van der Waals surface area contributed by atoms with Crippen LogP contribution in [0.1, 0.15) is 32.8 Å². The molecule has 1 fully saturated rings. The third-order valence-electron chi connectivity index (χ3n) is 4.10. The van der Waals surface area contributed by atoms with Gasteiger partial charge in [-0.1, -0.05) is 30.3 Å². The van der Waals surface area contributed by atoms with Gasteiger partial charge < -0.3 is 20.1 Å². The number of aliphatic hydroxyl groups excluding tert-OH is 1. The van der Waals surface area contributed by atoms with Gasteiger partial charge in [-0.15, -0.1) is 0 Å². The lowest BCUT2D eigenvalue weighted by atomic mass is 9.88. The number of nitrogens with zero attached hydrogens (tertiary/aromatic N) is 1. The van der Waals surface area contributed by atoms with Crippen molar-refractivity contribution in [3.05, 3.63) is 35.9 Å². The molecular formula is C18H28N2O3. The molecule has 5 nitrogen and oxygen atoms in total. The maximum absolute atomic E-state index is 12.2. The Morgan fingerprint density at radius 1 is 1.35 bits per heavy atom. The molecule has 1 aliphatic heterocycles. The van der Waals surface area contributed by atoms with Gasteiger partial charge in [0.25, 0.3) is 0 Å².